The second-order valence-corrected chi connectivity index (χ2v) is 8.31. The molecule has 0 spiro atoms. The average molecular weight is 378 g/mol. The summed E-state index contributed by atoms with van der Waals surface area (Å²) in [6, 6.07) is 8.31. The molecule has 1 aromatic heterocycles. The third-order valence-electron chi connectivity index (χ3n) is 4.87. The summed E-state index contributed by atoms with van der Waals surface area (Å²) in [7, 11) is 0. The average Bonchev–Trinajstić information content (AvgIpc) is 3.15. The molecule has 0 saturated carbocycles. The van der Waals surface area contributed by atoms with Gasteiger partial charge in [-0.1, -0.05) is 94.9 Å². The van der Waals surface area contributed by atoms with Crippen molar-refractivity contribution in [3.8, 4) is 0 Å². The molecule has 138 valence electrons. The molecule has 0 aliphatic rings. The number of halogens is 1. The van der Waals surface area contributed by atoms with Crippen molar-refractivity contribution in [2.24, 2.45) is 0 Å². The molecule has 0 radical (unpaired) electrons. The van der Waals surface area contributed by atoms with Crippen molar-refractivity contribution in [1.82, 2.24) is 4.98 Å². The largest absolute Gasteiger partial charge is 0.249 e. The first-order chi connectivity index (χ1) is 12.3. The van der Waals surface area contributed by atoms with Crippen LogP contribution in [0.1, 0.15) is 94.0 Å². The lowest BCUT2D eigenvalue weighted by Gasteiger charge is -2.15. The molecule has 0 bridgehead atoms. The number of rotatable bonds is 13. The van der Waals surface area contributed by atoms with E-state index in [4.69, 9.17) is 11.6 Å². The van der Waals surface area contributed by atoms with Gasteiger partial charge in [0.25, 0.3) is 0 Å². The van der Waals surface area contributed by atoms with E-state index < -0.39 is 0 Å². The molecular formula is C22H32ClNS. The van der Waals surface area contributed by atoms with Crippen molar-refractivity contribution in [3.05, 3.63) is 51.4 Å². The third-order valence-corrected chi connectivity index (χ3v) is 6.01. The van der Waals surface area contributed by atoms with Gasteiger partial charge < -0.3 is 0 Å². The quantitative estimate of drug-likeness (QED) is 0.320. The van der Waals surface area contributed by atoms with E-state index in [1.165, 1.54) is 81.2 Å². The second kappa shape index (κ2) is 12.5. The van der Waals surface area contributed by atoms with Gasteiger partial charge in [0.05, 0.1) is 5.01 Å². The fourth-order valence-corrected chi connectivity index (χ4v) is 4.30. The number of hydrogen-bond donors (Lipinski definition) is 0. The van der Waals surface area contributed by atoms with Gasteiger partial charge in [0.2, 0.25) is 0 Å². The molecule has 1 nitrogen and oxygen atoms in total. The minimum absolute atomic E-state index is 0.423. The number of nitrogens with zero attached hydrogens (tertiary/aromatic N) is 1. The Bertz CT molecular complexity index is 550. The third kappa shape index (κ3) is 7.92. The maximum atomic E-state index is 6.04. The minimum atomic E-state index is 0.423. The lowest BCUT2D eigenvalue weighted by atomic mass is 9.93. The van der Waals surface area contributed by atoms with Gasteiger partial charge in [-0.3, -0.25) is 0 Å². The highest BCUT2D eigenvalue weighted by Crippen LogP contribution is 2.32. The zero-order valence-electron chi connectivity index (χ0n) is 15.6. The Labute approximate surface area is 162 Å². The van der Waals surface area contributed by atoms with Crippen LogP contribution in [0.4, 0.5) is 0 Å². The summed E-state index contributed by atoms with van der Waals surface area (Å²) in [4.78, 5) is 4.56. The van der Waals surface area contributed by atoms with Gasteiger partial charge in [0, 0.05) is 22.5 Å². The standard InChI is InChI=1S/C22H32ClNS/c1-2-3-4-5-6-7-8-9-10-11-12-21(22-24-17-18-25-22)19-13-15-20(23)16-14-19/h13-18,21H,2-12H2,1H3. The molecule has 0 amide bonds. The Morgan fingerprint density at radius 2 is 1.48 bits per heavy atom. The van der Waals surface area contributed by atoms with Gasteiger partial charge in [-0.25, -0.2) is 4.98 Å². The highest BCUT2D eigenvalue weighted by Gasteiger charge is 2.16. The molecule has 0 aliphatic carbocycles. The van der Waals surface area contributed by atoms with Crippen LogP contribution in [-0.2, 0) is 0 Å². The van der Waals surface area contributed by atoms with E-state index in [9.17, 15) is 0 Å². The Morgan fingerprint density at radius 3 is 2.04 bits per heavy atom. The normalized spacial score (nSPS) is 12.4. The molecule has 25 heavy (non-hydrogen) atoms. The first-order valence-electron chi connectivity index (χ1n) is 9.96. The molecule has 3 heteroatoms. The molecule has 0 aliphatic heterocycles. The van der Waals surface area contributed by atoms with Crippen molar-refractivity contribution in [1.29, 1.82) is 0 Å². The molecule has 2 aromatic rings. The number of benzene rings is 1. The first kappa shape index (κ1) is 20.5. The van der Waals surface area contributed by atoms with Crippen molar-refractivity contribution >= 4 is 22.9 Å². The Hall–Kier alpha value is -0.860. The predicted octanol–water partition coefficient (Wildman–Crippen LogP) is 8.24. The summed E-state index contributed by atoms with van der Waals surface area (Å²) in [6.07, 6.45) is 16.9. The van der Waals surface area contributed by atoms with Crippen LogP contribution in [0.25, 0.3) is 0 Å². The van der Waals surface area contributed by atoms with Crippen LogP contribution in [0.5, 0.6) is 0 Å². The number of unbranched alkanes of at least 4 members (excludes halogenated alkanes) is 9. The highest BCUT2D eigenvalue weighted by molar-refractivity contribution is 7.09. The van der Waals surface area contributed by atoms with Gasteiger partial charge in [0.15, 0.2) is 0 Å². The number of hydrogen-bond acceptors (Lipinski definition) is 2. The van der Waals surface area contributed by atoms with Crippen molar-refractivity contribution in [2.75, 3.05) is 0 Å². The van der Waals surface area contributed by atoms with Crippen molar-refractivity contribution in [3.63, 3.8) is 0 Å². The zero-order chi connectivity index (χ0) is 17.7. The lowest BCUT2D eigenvalue weighted by molar-refractivity contribution is 0.540. The van der Waals surface area contributed by atoms with Crippen molar-refractivity contribution < 1.29 is 0 Å². The second-order valence-electron chi connectivity index (χ2n) is 6.95. The summed E-state index contributed by atoms with van der Waals surface area (Å²) in [5.41, 5.74) is 1.34. The molecule has 1 heterocycles. The van der Waals surface area contributed by atoms with E-state index in [-0.39, 0.29) is 0 Å². The molecule has 0 N–H and O–H groups in total. The fourth-order valence-electron chi connectivity index (χ4n) is 3.37. The van der Waals surface area contributed by atoms with E-state index in [0.717, 1.165) is 5.02 Å². The van der Waals surface area contributed by atoms with E-state index in [0.29, 0.717) is 5.92 Å². The molecular weight excluding hydrogens is 346 g/mol. The van der Waals surface area contributed by atoms with Crippen LogP contribution < -0.4 is 0 Å². The smallest absolute Gasteiger partial charge is 0.0999 e. The number of thiazole rings is 1. The van der Waals surface area contributed by atoms with Crippen LogP contribution in [0, 0.1) is 0 Å². The predicted molar refractivity (Wildman–Crippen MR) is 112 cm³/mol. The lowest BCUT2D eigenvalue weighted by Crippen LogP contribution is -2.01. The molecule has 1 unspecified atom stereocenters. The van der Waals surface area contributed by atoms with E-state index in [1.54, 1.807) is 11.3 Å². The molecule has 1 atom stereocenters. The van der Waals surface area contributed by atoms with Crippen LogP contribution in [0.15, 0.2) is 35.8 Å². The number of aromatic nitrogens is 1. The van der Waals surface area contributed by atoms with Crippen LogP contribution in [-0.4, -0.2) is 4.98 Å². The summed E-state index contributed by atoms with van der Waals surface area (Å²) in [6.45, 7) is 2.28. The highest BCUT2D eigenvalue weighted by atomic mass is 35.5. The van der Waals surface area contributed by atoms with E-state index in [2.05, 4.69) is 29.4 Å². The van der Waals surface area contributed by atoms with E-state index >= 15 is 0 Å². The van der Waals surface area contributed by atoms with Gasteiger partial charge in [-0.15, -0.1) is 11.3 Å². The van der Waals surface area contributed by atoms with Crippen molar-refractivity contribution in [2.45, 2.75) is 83.5 Å². The Balaban J connectivity index is 1.68. The van der Waals surface area contributed by atoms with E-state index in [1.807, 2.05) is 18.3 Å². The summed E-state index contributed by atoms with van der Waals surface area (Å²) < 4.78 is 0. The van der Waals surface area contributed by atoms with Crippen LogP contribution >= 0.6 is 22.9 Å². The molecule has 1 aromatic carbocycles. The SMILES string of the molecule is CCCCCCCCCCCCC(c1ccc(Cl)cc1)c1nccs1. The maximum Gasteiger partial charge on any atom is 0.0999 e. The first-order valence-corrected chi connectivity index (χ1v) is 11.2. The maximum absolute atomic E-state index is 6.04. The Kier molecular flexibility index (Phi) is 10.2. The fraction of sp³-hybridized carbons (Fsp3) is 0.591. The van der Waals surface area contributed by atoms with Crippen LogP contribution in [0.3, 0.4) is 0 Å². The van der Waals surface area contributed by atoms with Gasteiger partial charge in [0.1, 0.15) is 0 Å². The van der Waals surface area contributed by atoms with Crippen LogP contribution in [0.2, 0.25) is 5.02 Å². The zero-order valence-corrected chi connectivity index (χ0v) is 17.1. The van der Waals surface area contributed by atoms with Gasteiger partial charge >= 0.3 is 0 Å². The van der Waals surface area contributed by atoms with Gasteiger partial charge in [-0.2, -0.15) is 0 Å². The summed E-state index contributed by atoms with van der Waals surface area (Å²) in [5.74, 6) is 0.423. The Morgan fingerprint density at radius 1 is 0.880 bits per heavy atom. The summed E-state index contributed by atoms with van der Waals surface area (Å²) >= 11 is 7.81. The molecule has 0 fully saturated rings. The minimum Gasteiger partial charge on any atom is -0.249 e. The monoisotopic (exact) mass is 377 g/mol. The molecule has 2 rings (SSSR count). The topological polar surface area (TPSA) is 12.9 Å². The molecule has 0 saturated heterocycles. The van der Waals surface area contributed by atoms with Gasteiger partial charge in [-0.05, 0) is 24.1 Å². The summed E-state index contributed by atoms with van der Waals surface area (Å²) in [5, 5.41) is 4.12.